The highest BCUT2D eigenvalue weighted by Crippen LogP contribution is 2.29. The molecule has 2 bridgehead atoms. The molecule has 6 heteroatoms. The number of piperidine rings is 1. The summed E-state index contributed by atoms with van der Waals surface area (Å²) in [4.78, 5) is 17.1. The third kappa shape index (κ3) is 2.91. The lowest BCUT2D eigenvalue weighted by atomic mass is 9.98. The Morgan fingerprint density at radius 2 is 2.00 bits per heavy atom. The van der Waals surface area contributed by atoms with Crippen molar-refractivity contribution in [2.24, 2.45) is 0 Å². The number of halogens is 2. The molecule has 1 aromatic rings. The van der Waals surface area contributed by atoms with Gasteiger partial charge in [-0.05, 0) is 31.7 Å². The van der Waals surface area contributed by atoms with Crippen LogP contribution in [0.1, 0.15) is 36.2 Å². The van der Waals surface area contributed by atoms with Gasteiger partial charge in [0.15, 0.2) is 0 Å². The van der Waals surface area contributed by atoms with Gasteiger partial charge >= 0.3 is 0 Å². The van der Waals surface area contributed by atoms with Crippen LogP contribution in [0.25, 0.3) is 0 Å². The van der Waals surface area contributed by atoms with E-state index >= 15 is 0 Å². The van der Waals surface area contributed by atoms with Crippen LogP contribution in [0.4, 0.5) is 0 Å². The monoisotopic (exact) mass is 303 g/mol. The SMILES string of the molecule is CN(C(=O)c1cc(Cl)c[nH]1)C1CC2CCC(C1)N2.Cl. The van der Waals surface area contributed by atoms with Gasteiger partial charge in [-0.3, -0.25) is 4.79 Å². The zero-order valence-corrected chi connectivity index (χ0v) is 12.4. The van der Waals surface area contributed by atoms with Gasteiger partial charge in [0.1, 0.15) is 5.69 Å². The summed E-state index contributed by atoms with van der Waals surface area (Å²) in [5, 5.41) is 4.17. The summed E-state index contributed by atoms with van der Waals surface area (Å²) in [6.45, 7) is 0. The van der Waals surface area contributed by atoms with Crippen LogP contribution in [-0.4, -0.2) is 41.0 Å². The molecule has 0 radical (unpaired) electrons. The van der Waals surface area contributed by atoms with Gasteiger partial charge in [-0.15, -0.1) is 12.4 Å². The average Bonchev–Trinajstić information content (AvgIpc) is 2.94. The molecule has 2 unspecified atom stereocenters. The maximum Gasteiger partial charge on any atom is 0.270 e. The minimum Gasteiger partial charge on any atom is -0.356 e. The van der Waals surface area contributed by atoms with E-state index in [0.29, 0.717) is 28.8 Å². The number of nitrogens with one attached hydrogen (secondary N) is 2. The van der Waals surface area contributed by atoms with Crippen LogP contribution in [0.15, 0.2) is 12.3 Å². The van der Waals surface area contributed by atoms with Crippen molar-refractivity contribution in [2.45, 2.75) is 43.8 Å². The topological polar surface area (TPSA) is 48.1 Å². The summed E-state index contributed by atoms with van der Waals surface area (Å²) in [5.41, 5.74) is 0.577. The molecule has 2 aliphatic heterocycles. The second-order valence-corrected chi connectivity index (χ2v) is 5.85. The van der Waals surface area contributed by atoms with Crippen LogP contribution in [0.5, 0.6) is 0 Å². The number of fused-ring (bicyclic) bond motifs is 2. The Hall–Kier alpha value is -0.710. The number of hydrogen-bond acceptors (Lipinski definition) is 2. The highest BCUT2D eigenvalue weighted by atomic mass is 35.5. The van der Waals surface area contributed by atoms with Crippen molar-refractivity contribution in [2.75, 3.05) is 7.05 Å². The molecule has 0 aliphatic carbocycles. The van der Waals surface area contributed by atoms with Crippen molar-refractivity contribution in [1.29, 1.82) is 0 Å². The molecule has 1 amide bonds. The maximum absolute atomic E-state index is 12.3. The zero-order chi connectivity index (χ0) is 12.7. The number of carbonyl (C=O) groups is 1. The number of nitrogens with zero attached hydrogens (tertiary/aromatic N) is 1. The van der Waals surface area contributed by atoms with Crippen molar-refractivity contribution in [3.05, 3.63) is 23.0 Å². The van der Waals surface area contributed by atoms with Crippen molar-refractivity contribution in [3.63, 3.8) is 0 Å². The van der Waals surface area contributed by atoms with Gasteiger partial charge in [-0.2, -0.15) is 0 Å². The quantitative estimate of drug-likeness (QED) is 0.881. The van der Waals surface area contributed by atoms with Crippen LogP contribution < -0.4 is 5.32 Å². The number of aromatic nitrogens is 1. The highest BCUT2D eigenvalue weighted by molar-refractivity contribution is 6.30. The Kier molecular flexibility index (Phi) is 4.43. The lowest BCUT2D eigenvalue weighted by Crippen LogP contribution is -2.48. The smallest absolute Gasteiger partial charge is 0.270 e. The number of aromatic amines is 1. The summed E-state index contributed by atoms with van der Waals surface area (Å²) in [7, 11) is 1.90. The number of H-pyrrole nitrogens is 1. The molecule has 2 aliphatic rings. The molecule has 0 aromatic carbocycles. The Bertz CT molecular complexity index is 450. The molecule has 2 saturated heterocycles. The molecule has 2 atom stereocenters. The van der Waals surface area contributed by atoms with Gasteiger partial charge in [0.25, 0.3) is 5.91 Å². The van der Waals surface area contributed by atoms with Crippen molar-refractivity contribution in [1.82, 2.24) is 15.2 Å². The molecule has 0 spiro atoms. The fourth-order valence-electron chi connectivity index (χ4n) is 3.19. The molecule has 2 fully saturated rings. The highest BCUT2D eigenvalue weighted by Gasteiger charge is 2.36. The maximum atomic E-state index is 12.3. The summed E-state index contributed by atoms with van der Waals surface area (Å²) in [6, 6.07) is 3.22. The fraction of sp³-hybridized carbons (Fsp3) is 0.615. The number of amides is 1. The number of hydrogen-bond donors (Lipinski definition) is 2. The molecule has 2 N–H and O–H groups in total. The van der Waals surface area contributed by atoms with Gasteiger partial charge < -0.3 is 15.2 Å². The van der Waals surface area contributed by atoms with Crippen LogP contribution in [0.3, 0.4) is 0 Å². The van der Waals surface area contributed by atoms with E-state index in [1.807, 2.05) is 11.9 Å². The first-order valence-electron chi connectivity index (χ1n) is 6.50. The van der Waals surface area contributed by atoms with Gasteiger partial charge in [0, 0.05) is 31.4 Å². The Labute approximate surface area is 124 Å². The second-order valence-electron chi connectivity index (χ2n) is 5.41. The largest absolute Gasteiger partial charge is 0.356 e. The van der Waals surface area contributed by atoms with E-state index in [4.69, 9.17) is 11.6 Å². The summed E-state index contributed by atoms with van der Waals surface area (Å²) in [5.74, 6) is 0.0354. The van der Waals surface area contributed by atoms with Crippen molar-refractivity contribution in [3.8, 4) is 0 Å². The fourth-order valence-corrected chi connectivity index (χ4v) is 3.35. The van der Waals surface area contributed by atoms with Crippen molar-refractivity contribution >= 4 is 29.9 Å². The normalized spacial score (nSPS) is 28.8. The van der Waals surface area contributed by atoms with Gasteiger partial charge in [-0.25, -0.2) is 0 Å². The molecular formula is C13H19Cl2N3O. The zero-order valence-electron chi connectivity index (χ0n) is 10.9. The molecule has 106 valence electrons. The standard InChI is InChI=1S/C13H18ClN3O.ClH/c1-17(13(18)12-4-8(14)7-15-12)11-5-9-2-3-10(6-11)16-9;/h4,7,9-11,15-16H,2-3,5-6H2,1H3;1H. The summed E-state index contributed by atoms with van der Waals surface area (Å²) in [6.07, 6.45) is 6.27. The molecule has 19 heavy (non-hydrogen) atoms. The van der Waals surface area contributed by atoms with Crippen molar-refractivity contribution < 1.29 is 4.79 Å². The Morgan fingerprint density at radius 1 is 1.37 bits per heavy atom. The molecule has 4 nitrogen and oxygen atoms in total. The predicted octanol–water partition coefficient (Wildman–Crippen LogP) is 2.44. The van der Waals surface area contributed by atoms with Crippen LogP contribution in [0, 0.1) is 0 Å². The van der Waals surface area contributed by atoms with Gasteiger partial charge in [0.2, 0.25) is 0 Å². The Balaban J connectivity index is 0.00000133. The van der Waals surface area contributed by atoms with E-state index in [2.05, 4.69) is 10.3 Å². The minimum absolute atomic E-state index is 0. The average molecular weight is 304 g/mol. The third-order valence-corrected chi connectivity index (χ3v) is 4.41. The lowest BCUT2D eigenvalue weighted by Gasteiger charge is -2.35. The van der Waals surface area contributed by atoms with Crippen LogP contribution in [-0.2, 0) is 0 Å². The molecule has 3 heterocycles. The van der Waals surface area contributed by atoms with E-state index in [-0.39, 0.29) is 18.3 Å². The third-order valence-electron chi connectivity index (χ3n) is 4.19. The first-order chi connectivity index (χ1) is 8.63. The van der Waals surface area contributed by atoms with E-state index in [9.17, 15) is 4.79 Å². The lowest BCUT2D eigenvalue weighted by molar-refractivity contribution is 0.0676. The Morgan fingerprint density at radius 3 is 2.53 bits per heavy atom. The summed E-state index contributed by atoms with van der Waals surface area (Å²) < 4.78 is 0. The first kappa shape index (κ1) is 14.7. The molecule has 3 rings (SSSR count). The molecular weight excluding hydrogens is 285 g/mol. The molecule has 1 aromatic heterocycles. The van der Waals surface area contributed by atoms with Gasteiger partial charge in [-0.1, -0.05) is 11.6 Å². The van der Waals surface area contributed by atoms with Crippen LogP contribution in [0.2, 0.25) is 5.02 Å². The molecule has 0 saturated carbocycles. The van der Waals surface area contributed by atoms with E-state index in [0.717, 1.165) is 12.8 Å². The van der Waals surface area contributed by atoms with E-state index in [1.165, 1.54) is 12.8 Å². The number of rotatable bonds is 2. The van der Waals surface area contributed by atoms with Crippen LogP contribution >= 0.6 is 24.0 Å². The van der Waals surface area contributed by atoms with Gasteiger partial charge in [0.05, 0.1) is 5.02 Å². The predicted molar refractivity (Wildman–Crippen MR) is 78.1 cm³/mol. The summed E-state index contributed by atoms with van der Waals surface area (Å²) >= 11 is 5.84. The number of carbonyl (C=O) groups excluding carboxylic acids is 1. The van der Waals surface area contributed by atoms with E-state index < -0.39 is 0 Å². The van der Waals surface area contributed by atoms with E-state index in [1.54, 1.807) is 12.3 Å². The minimum atomic E-state index is 0. The second kappa shape index (κ2) is 5.73. The first-order valence-corrected chi connectivity index (χ1v) is 6.88.